The third kappa shape index (κ3) is 3.49. The van der Waals surface area contributed by atoms with Crippen molar-refractivity contribution in [3.8, 4) is 5.88 Å². The Bertz CT molecular complexity index is 233. The van der Waals surface area contributed by atoms with E-state index in [1.165, 1.54) is 25.7 Å². The predicted molar refractivity (Wildman–Crippen MR) is 52.9 cm³/mol. The van der Waals surface area contributed by atoms with Crippen molar-refractivity contribution in [1.29, 1.82) is 0 Å². The number of aromatic nitrogens is 2. The lowest BCUT2D eigenvalue weighted by Gasteiger charge is -2.00. The van der Waals surface area contributed by atoms with E-state index in [4.69, 9.17) is 4.74 Å². The van der Waals surface area contributed by atoms with Gasteiger partial charge in [0, 0.05) is 18.8 Å². The molecule has 1 heterocycles. The van der Waals surface area contributed by atoms with Gasteiger partial charge in [0.1, 0.15) is 0 Å². The molecule has 0 aliphatic heterocycles. The molecule has 0 unspecified atom stereocenters. The lowest BCUT2D eigenvalue weighted by molar-refractivity contribution is 0.386. The quantitative estimate of drug-likeness (QED) is 0.632. The van der Waals surface area contributed by atoms with Crippen LogP contribution in [0.4, 0.5) is 0 Å². The van der Waals surface area contributed by atoms with Gasteiger partial charge in [0.2, 0.25) is 5.88 Å². The third-order valence-corrected chi connectivity index (χ3v) is 2.07. The average molecular weight is 182 g/mol. The predicted octanol–water partition coefficient (Wildman–Crippen LogP) is 2.47. The van der Waals surface area contributed by atoms with Crippen LogP contribution in [0.5, 0.6) is 5.88 Å². The molecule has 0 bridgehead atoms. The zero-order valence-electron chi connectivity index (χ0n) is 8.49. The van der Waals surface area contributed by atoms with Gasteiger partial charge in [0.05, 0.1) is 7.11 Å². The van der Waals surface area contributed by atoms with Crippen LogP contribution in [0.2, 0.25) is 0 Å². The topological polar surface area (TPSA) is 27.1 Å². The van der Waals surface area contributed by atoms with Gasteiger partial charge < -0.3 is 4.74 Å². The van der Waals surface area contributed by atoms with E-state index in [1.54, 1.807) is 7.11 Å². The minimum absolute atomic E-state index is 0.704. The smallest absolute Gasteiger partial charge is 0.232 e. The van der Waals surface area contributed by atoms with E-state index in [2.05, 4.69) is 12.0 Å². The summed E-state index contributed by atoms with van der Waals surface area (Å²) in [5, 5.41) is 4.22. The van der Waals surface area contributed by atoms with Gasteiger partial charge in [0.15, 0.2) is 0 Å². The van der Waals surface area contributed by atoms with Crippen LogP contribution >= 0.6 is 0 Å². The minimum atomic E-state index is 0.704. The molecule has 0 atom stereocenters. The second-order valence-corrected chi connectivity index (χ2v) is 3.18. The maximum atomic E-state index is 4.99. The Kier molecular flexibility index (Phi) is 4.36. The molecule has 0 N–H and O–H groups in total. The number of rotatable bonds is 6. The lowest BCUT2D eigenvalue weighted by atomic mass is 10.2. The van der Waals surface area contributed by atoms with Crippen LogP contribution in [0, 0.1) is 0 Å². The SMILES string of the molecule is CCCCCCn1ccc(OC)n1. The maximum Gasteiger partial charge on any atom is 0.232 e. The molecule has 0 spiro atoms. The van der Waals surface area contributed by atoms with Crippen LogP contribution < -0.4 is 4.74 Å². The highest BCUT2D eigenvalue weighted by atomic mass is 16.5. The number of aryl methyl sites for hydroxylation is 1. The summed E-state index contributed by atoms with van der Waals surface area (Å²) in [6.07, 6.45) is 7.06. The Morgan fingerprint density at radius 2 is 2.23 bits per heavy atom. The normalized spacial score (nSPS) is 10.3. The molecule has 1 aromatic rings. The highest BCUT2D eigenvalue weighted by Gasteiger charge is 1.96. The van der Waals surface area contributed by atoms with E-state index in [0.29, 0.717) is 5.88 Å². The standard InChI is InChI=1S/C10H18N2O/c1-3-4-5-6-8-12-9-7-10(11-12)13-2/h7,9H,3-6,8H2,1-2H3. The minimum Gasteiger partial charge on any atom is -0.480 e. The highest BCUT2D eigenvalue weighted by Crippen LogP contribution is 2.06. The number of methoxy groups -OCH3 is 1. The summed E-state index contributed by atoms with van der Waals surface area (Å²) < 4.78 is 6.93. The Morgan fingerprint density at radius 3 is 2.85 bits per heavy atom. The van der Waals surface area contributed by atoms with Crippen LogP contribution in [0.25, 0.3) is 0 Å². The molecule has 0 saturated carbocycles. The van der Waals surface area contributed by atoms with E-state index in [1.807, 2.05) is 16.9 Å². The summed E-state index contributed by atoms with van der Waals surface area (Å²) in [5.41, 5.74) is 0. The van der Waals surface area contributed by atoms with Gasteiger partial charge in [-0.25, -0.2) is 0 Å². The lowest BCUT2D eigenvalue weighted by Crippen LogP contribution is -1.98. The Morgan fingerprint density at radius 1 is 1.38 bits per heavy atom. The monoisotopic (exact) mass is 182 g/mol. The van der Waals surface area contributed by atoms with Crippen molar-refractivity contribution in [3.63, 3.8) is 0 Å². The summed E-state index contributed by atoms with van der Waals surface area (Å²) in [6, 6.07) is 1.89. The summed E-state index contributed by atoms with van der Waals surface area (Å²) in [7, 11) is 1.64. The Balaban J connectivity index is 2.20. The van der Waals surface area contributed by atoms with Crippen LogP contribution in [0.15, 0.2) is 12.3 Å². The van der Waals surface area contributed by atoms with Gasteiger partial charge in [-0.1, -0.05) is 26.2 Å². The van der Waals surface area contributed by atoms with Crippen LogP contribution in [-0.2, 0) is 6.54 Å². The van der Waals surface area contributed by atoms with E-state index in [-0.39, 0.29) is 0 Å². The first-order valence-corrected chi connectivity index (χ1v) is 4.94. The van der Waals surface area contributed by atoms with Gasteiger partial charge >= 0.3 is 0 Å². The first-order valence-electron chi connectivity index (χ1n) is 4.94. The first kappa shape index (κ1) is 10.1. The Labute approximate surface area is 79.7 Å². The van der Waals surface area contributed by atoms with E-state index in [0.717, 1.165) is 6.54 Å². The molecule has 13 heavy (non-hydrogen) atoms. The summed E-state index contributed by atoms with van der Waals surface area (Å²) >= 11 is 0. The van der Waals surface area contributed by atoms with Crippen molar-refractivity contribution in [2.45, 2.75) is 39.2 Å². The van der Waals surface area contributed by atoms with Gasteiger partial charge in [-0.15, -0.1) is 5.10 Å². The molecular weight excluding hydrogens is 164 g/mol. The van der Waals surface area contributed by atoms with Crippen molar-refractivity contribution >= 4 is 0 Å². The second kappa shape index (κ2) is 5.62. The van der Waals surface area contributed by atoms with Crippen LogP contribution in [0.1, 0.15) is 32.6 Å². The molecule has 3 nitrogen and oxygen atoms in total. The van der Waals surface area contributed by atoms with Crippen molar-refractivity contribution in [3.05, 3.63) is 12.3 Å². The molecule has 0 saturated heterocycles. The Hall–Kier alpha value is -0.990. The molecule has 1 aromatic heterocycles. The largest absolute Gasteiger partial charge is 0.480 e. The molecule has 0 radical (unpaired) electrons. The van der Waals surface area contributed by atoms with E-state index >= 15 is 0 Å². The number of ether oxygens (including phenoxy) is 1. The molecule has 74 valence electrons. The van der Waals surface area contributed by atoms with Crippen molar-refractivity contribution in [2.75, 3.05) is 7.11 Å². The second-order valence-electron chi connectivity index (χ2n) is 3.18. The number of hydrogen-bond donors (Lipinski definition) is 0. The fraction of sp³-hybridized carbons (Fsp3) is 0.700. The van der Waals surface area contributed by atoms with Crippen LogP contribution in [0.3, 0.4) is 0 Å². The molecule has 0 fully saturated rings. The van der Waals surface area contributed by atoms with Crippen molar-refractivity contribution < 1.29 is 4.74 Å². The third-order valence-electron chi connectivity index (χ3n) is 2.07. The van der Waals surface area contributed by atoms with Gasteiger partial charge in [0.25, 0.3) is 0 Å². The molecule has 0 amide bonds. The summed E-state index contributed by atoms with van der Waals surface area (Å²) in [6.45, 7) is 3.22. The van der Waals surface area contributed by atoms with E-state index < -0.39 is 0 Å². The molecule has 0 aliphatic carbocycles. The molecule has 3 heteroatoms. The zero-order valence-corrected chi connectivity index (χ0v) is 8.49. The fourth-order valence-corrected chi connectivity index (χ4v) is 1.28. The van der Waals surface area contributed by atoms with Gasteiger partial charge in [-0.3, -0.25) is 4.68 Å². The summed E-state index contributed by atoms with van der Waals surface area (Å²) in [4.78, 5) is 0. The first-order chi connectivity index (χ1) is 6.36. The van der Waals surface area contributed by atoms with E-state index in [9.17, 15) is 0 Å². The molecule has 1 rings (SSSR count). The zero-order chi connectivity index (χ0) is 9.52. The van der Waals surface area contributed by atoms with Gasteiger partial charge in [-0.05, 0) is 6.42 Å². The van der Waals surface area contributed by atoms with Crippen molar-refractivity contribution in [2.24, 2.45) is 0 Å². The van der Waals surface area contributed by atoms with Crippen molar-refractivity contribution in [1.82, 2.24) is 9.78 Å². The fourth-order valence-electron chi connectivity index (χ4n) is 1.28. The molecule has 0 aliphatic rings. The average Bonchev–Trinajstić information content (AvgIpc) is 2.60. The number of nitrogens with zero attached hydrogens (tertiary/aromatic N) is 2. The summed E-state index contributed by atoms with van der Waals surface area (Å²) in [5.74, 6) is 0.704. The number of hydrogen-bond acceptors (Lipinski definition) is 2. The number of unbranched alkanes of at least 4 members (excludes halogenated alkanes) is 3. The molecular formula is C10H18N2O. The maximum absolute atomic E-state index is 4.99. The van der Waals surface area contributed by atoms with Crippen LogP contribution in [-0.4, -0.2) is 16.9 Å². The highest BCUT2D eigenvalue weighted by molar-refractivity contribution is 5.04. The molecule has 0 aromatic carbocycles. The van der Waals surface area contributed by atoms with Gasteiger partial charge in [-0.2, -0.15) is 0 Å².